The number of aromatic hydroxyl groups is 1. The molecule has 0 aromatic heterocycles. The Balaban J connectivity index is 1.89. The number of benzene rings is 2. The minimum Gasteiger partial charge on any atom is -0.508 e. The summed E-state index contributed by atoms with van der Waals surface area (Å²) in [6.07, 6.45) is 1.18. The normalized spacial score (nSPS) is 16.2. The molecule has 150 valence electrons. The number of phenolic OH excluding ortho intramolecular Hbond substituents is 1. The van der Waals surface area contributed by atoms with Crippen LogP contribution in [0.3, 0.4) is 0 Å². The molecule has 2 N–H and O–H groups in total. The first-order chi connectivity index (χ1) is 13.3. The van der Waals surface area contributed by atoms with E-state index in [1.165, 1.54) is 10.4 Å². The van der Waals surface area contributed by atoms with Crippen molar-refractivity contribution in [2.45, 2.75) is 37.6 Å². The van der Waals surface area contributed by atoms with Crippen LogP contribution in [0.2, 0.25) is 0 Å². The fraction of sp³-hybridized carbons (Fsp3) is 0.350. The molecule has 1 amide bonds. The Morgan fingerprint density at radius 2 is 1.96 bits per heavy atom. The maximum atomic E-state index is 14.3. The van der Waals surface area contributed by atoms with Gasteiger partial charge in [0.25, 0.3) is 5.91 Å². The van der Waals surface area contributed by atoms with Crippen molar-refractivity contribution < 1.29 is 22.7 Å². The molecule has 1 atom stereocenters. The van der Waals surface area contributed by atoms with E-state index in [2.05, 4.69) is 5.32 Å². The van der Waals surface area contributed by atoms with E-state index in [-0.39, 0.29) is 35.3 Å². The maximum absolute atomic E-state index is 14.3. The summed E-state index contributed by atoms with van der Waals surface area (Å²) in [7, 11) is -3.80. The zero-order valence-electron chi connectivity index (χ0n) is 15.8. The quantitative estimate of drug-likeness (QED) is 0.772. The van der Waals surface area contributed by atoms with E-state index in [0.29, 0.717) is 12.8 Å². The molecular formula is C20H23FN2O4S. The van der Waals surface area contributed by atoms with Gasteiger partial charge in [0.2, 0.25) is 10.0 Å². The van der Waals surface area contributed by atoms with Crippen LogP contribution in [0.4, 0.5) is 4.39 Å². The fourth-order valence-electron chi connectivity index (χ4n) is 3.57. The number of nitrogens with zero attached hydrogens (tertiary/aromatic N) is 1. The number of rotatable bonds is 6. The van der Waals surface area contributed by atoms with Crippen LogP contribution in [-0.2, 0) is 16.4 Å². The topological polar surface area (TPSA) is 86.7 Å². The Bertz CT molecular complexity index is 1000. The summed E-state index contributed by atoms with van der Waals surface area (Å²) >= 11 is 0. The van der Waals surface area contributed by atoms with Gasteiger partial charge in [-0.05, 0) is 48.2 Å². The lowest BCUT2D eigenvalue weighted by Crippen LogP contribution is -2.31. The predicted octanol–water partition coefficient (Wildman–Crippen LogP) is 2.98. The van der Waals surface area contributed by atoms with Gasteiger partial charge >= 0.3 is 0 Å². The van der Waals surface area contributed by atoms with Gasteiger partial charge in [-0.1, -0.05) is 26.0 Å². The Morgan fingerprint density at radius 1 is 1.25 bits per heavy atom. The highest BCUT2D eigenvalue weighted by Gasteiger charge is 2.28. The smallest absolute Gasteiger partial charge is 0.254 e. The van der Waals surface area contributed by atoms with Crippen molar-refractivity contribution in [1.82, 2.24) is 9.62 Å². The molecule has 28 heavy (non-hydrogen) atoms. The predicted molar refractivity (Wildman–Crippen MR) is 103 cm³/mol. The van der Waals surface area contributed by atoms with Crippen molar-refractivity contribution >= 4 is 15.9 Å². The Kier molecular flexibility index (Phi) is 5.71. The van der Waals surface area contributed by atoms with Crippen LogP contribution < -0.4 is 5.32 Å². The molecule has 1 aliphatic rings. The summed E-state index contributed by atoms with van der Waals surface area (Å²) in [4.78, 5) is 12.6. The van der Waals surface area contributed by atoms with Crippen molar-refractivity contribution in [3.63, 3.8) is 0 Å². The third-order valence-electron chi connectivity index (χ3n) is 5.08. The van der Waals surface area contributed by atoms with E-state index in [1.54, 1.807) is 26.0 Å². The minimum absolute atomic E-state index is 0.118. The standard InChI is InChI=1S/C20H23FN2O4S/c1-3-23(4-2)28(26,27)13-8-10-17(21)16(12-13)20(25)22-18-11-9-15-14(18)6-5-7-19(15)24/h5-8,10,12,18,24H,3-4,9,11H2,1-2H3,(H,22,25). The lowest BCUT2D eigenvalue weighted by molar-refractivity contribution is 0.0932. The van der Waals surface area contributed by atoms with Gasteiger partial charge in [-0.3, -0.25) is 4.79 Å². The monoisotopic (exact) mass is 406 g/mol. The summed E-state index contributed by atoms with van der Waals surface area (Å²) in [6, 6.07) is 7.97. The van der Waals surface area contributed by atoms with Crippen LogP contribution >= 0.6 is 0 Å². The van der Waals surface area contributed by atoms with Crippen LogP contribution in [0.5, 0.6) is 5.75 Å². The number of nitrogens with one attached hydrogen (secondary N) is 1. The second-order valence-electron chi connectivity index (χ2n) is 6.64. The molecule has 0 fully saturated rings. The first-order valence-corrected chi connectivity index (χ1v) is 10.6. The van der Waals surface area contributed by atoms with Gasteiger partial charge in [-0.15, -0.1) is 0 Å². The maximum Gasteiger partial charge on any atom is 0.254 e. The Morgan fingerprint density at radius 3 is 2.64 bits per heavy atom. The molecule has 0 aliphatic heterocycles. The van der Waals surface area contributed by atoms with Crippen molar-refractivity contribution in [2.75, 3.05) is 13.1 Å². The molecule has 6 nitrogen and oxygen atoms in total. The summed E-state index contributed by atoms with van der Waals surface area (Å²) < 4.78 is 40.9. The molecule has 0 bridgehead atoms. The summed E-state index contributed by atoms with van der Waals surface area (Å²) in [5.74, 6) is -1.30. The minimum atomic E-state index is -3.80. The number of hydrogen-bond donors (Lipinski definition) is 2. The van der Waals surface area contributed by atoms with Crippen LogP contribution in [0.25, 0.3) is 0 Å². The first-order valence-electron chi connectivity index (χ1n) is 9.20. The van der Waals surface area contributed by atoms with E-state index in [4.69, 9.17) is 0 Å². The molecule has 8 heteroatoms. The van der Waals surface area contributed by atoms with E-state index >= 15 is 0 Å². The number of carbonyl (C=O) groups is 1. The summed E-state index contributed by atoms with van der Waals surface area (Å²) in [5.41, 5.74) is 1.24. The number of fused-ring (bicyclic) bond motifs is 1. The van der Waals surface area contributed by atoms with E-state index in [1.807, 2.05) is 6.07 Å². The number of phenols is 1. The molecule has 0 heterocycles. The van der Waals surface area contributed by atoms with Crippen molar-refractivity contribution in [2.24, 2.45) is 0 Å². The van der Waals surface area contributed by atoms with Crippen LogP contribution in [0, 0.1) is 5.82 Å². The zero-order valence-corrected chi connectivity index (χ0v) is 16.6. The molecule has 3 rings (SSSR count). The highest BCUT2D eigenvalue weighted by Crippen LogP contribution is 2.36. The van der Waals surface area contributed by atoms with Gasteiger partial charge in [0, 0.05) is 13.1 Å². The van der Waals surface area contributed by atoms with E-state index in [9.17, 15) is 22.7 Å². The van der Waals surface area contributed by atoms with E-state index in [0.717, 1.165) is 23.3 Å². The number of hydrogen-bond acceptors (Lipinski definition) is 4. The Hall–Kier alpha value is -2.45. The van der Waals surface area contributed by atoms with Gasteiger partial charge < -0.3 is 10.4 Å². The second-order valence-corrected chi connectivity index (χ2v) is 8.58. The van der Waals surface area contributed by atoms with Crippen molar-refractivity contribution in [3.8, 4) is 5.75 Å². The molecule has 1 aliphatic carbocycles. The molecule has 0 saturated carbocycles. The van der Waals surface area contributed by atoms with Gasteiger partial charge in [-0.25, -0.2) is 12.8 Å². The molecule has 2 aromatic carbocycles. The third kappa shape index (κ3) is 3.62. The fourth-order valence-corrected chi connectivity index (χ4v) is 5.06. The van der Waals surface area contributed by atoms with Crippen LogP contribution in [0.15, 0.2) is 41.3 Å². The average molecular weight is 406 g/mol. The number of sulfonamides is 1. The highest BCUT2D eigenvalue weighted by atomic mass is 32.2. The van der Waals surface area contributed by atoms with Crippen LogP contribution in [0.1, 0.15) is 47.8 Å². The molecule has 0 radical (unpaired) electrons. The number of halogens is 1. The average Bonchev–Trinajstić information content (AvgIpc) is 3.07. The van der Waals surface area contributed by atoms with Gasteiger partial charge in [0.1, 0.15) is 11.6 Å². The lowest BCUT2D eigenvalue weighted by Gasteiger charge is -2.19. The van der Waals surface area contributed by atoms with Gasteiger partial charge in [0.15, 0.2) is 0 Å². The van der Waals surface area contributed by atoms with Gasteiger partial charge in [-0.2, -0.15) is 4.31 Å². The second kappa shape index (κ2) is 7.89. The van der Waals surface area contributed by atoms with Gasteiger partial charge in [0.05, 0.1) is 16.5 Å². The largest absolute Gasteiger partial charge is 0.508 e. The molecule has 2 aromatic rings. The van der Waals surface area contributed by atoms with Crippen molar-refractivity contribution in [1.29, 1.82) is 0 Å². The SMILES string of the molecule is CCN(CC)S(=O)(=O)c1ccc(F)c(C(=O)NC2CCc3c(O)cccc32)c1. The molecule has 0 saturated heterocycles. The first kappa shape index (κ1) is 20.3. The third-order valence-corrected chi connectivity index (χ3v) is 7.12. The number of carbonyl (C=O) groups excluding carboxylic acids is 1. The number of amides is 1. The highest BCUT2D eigenvalue weighted by molar-refractivity contribution is 7.89. The Labute approximate surface area is 164 Å². The lowest BCUT2D eigenvalue weighted by atomic mass is 10.1. The molecule has 1 unspecified atom stereocenters. The summed E-state index contributed by atoms with van der Waals surface area (Å²) in [5, 5.41) is 12.7. The molecule has 0 spiro atoms. The van der Waals surface area contributed by atoms with E-state index < -0.39 is 21.7 Å². The zero-order chi connectivity index (χ0) is 20.5. The molecular weight excluding hydrogens is 383 g/mol. The van der Waals surface area contributed by atoms with Crippen LogP contribution in [-0.4, -0.2) is 36.8 Å². The summed E-state index contributed by atoms with van der Waals surface area (Å²) in [6.45, 7) is 3.98. The van der Waals surface area contributed by atoms with Crippen molar-refractivity contribution in [3.05, 3.63) is 58.9 Å².